The molecule has 1 atom stereocenters. The highest BCUT2D eigenvalue weighted by atomic mass is 32.2. The van der Waals surface area contributed by atoms with Crippen molar-refractivity contribution in [1.29, 1.82) is 0 Å². The van der Waals surface area contributed by atoms with Gasteiger partial charge in [0, 0.05) is 19.0 Å². The Hall–Kier alpha value is -0.660. The Labute approximate surface area is 96.8 Å². The molecule has 0 aromatic heterocycles. The van der Waals surface area contributed by atoms with Crippen molar-refractivity contribution in [1.82, 2.24) is 5.32 Å². The molecule has 0 radical (unpaired) electrons. The first-order valence-electron chi connectivity index (χ1n) is 5.05. The minimum atomic E-state index is -3.52. The lowest BCUT2D eigenvalue weighted by atomic mass is 9.85. The molecule has 6 nitrogen and oxygen atoms in total. The van der Waals surface area contributed by atoms with Gasteiger partial charge in [-0.25, -0.2) is 13.6 Å². The number of rotatable bonds is 5. The minimum Gasteiger partial charge on any atom is -0.355 e. The highest BCUT2D eigenvalue weighted by Crippen LogP contribution is 2.19. The summed E-state index contributed by atoms with van der Waals surface area (Å²) in [5.74, 6) is -0.519. The van der Waals surface area contributed by atoms with Crippen LogP contribution in [0.25, 0.3) is 0 Å². The number of amides is 1. The largest absolute Gasteiger partial charge is 0.355 e. The summed E-state index contributed by atoms with van der Waals surface area (Å²) in [4.78, 5) is 11.4. The van der Waals surface area contributed by atoms with Crippen LogP contribution in [-0.4, -0.2) is 32.7 Å². The summed E-state index contributed by atoms with van der Waals surface area (Å²) < 4.78 is 21.2. The van der Waals surface area contributed by atoms with E-state index in [9.17, 15) is 13.2 Å². The Kier molecular flexibility index (Phi) is 5.37. The fraction of sp³-hybridized carbons (Fsp3) is 0.889. The van der Waals surface area contributed by atoms with Crippen LogP contribution in [0.3, 0.4) is 0 Å². The molecular weight excluding hydrogens is 230 g/mol. The van der Waals surface area contributed by atoms with Gasteiger partial charge in [0.1, 0.15) is 0 Å². The van der Waals surface area contributed by atoms with Gasteiger partial charge < -0.3 is 11.1 Å². The summed E-state index contributed by atoms with van der Waals surface area (Å²) in [6.07, 6.45) is 0.175. The number of carbonyl (C=O) groups is 1. The number of sulfonamides is 1. The van der Waals surface area contributed by atoms with Gasteiger partial charge in [-0.3, -0.25) is 4.79 Å². The monoisotopic (exact) mass is 251 g/mol. The van der Waals surface area contributed by atoms with Crippen LogP contribution in [0.15, 0.2) is 0 Å². The maximum absolute atomic E-state index is 11.4. The fourth-order valence-corrected chi connectivity index (χ4v) is 1.30. The number of hydrogen-bond donors (Lipinski definition) is 3. The quantitative estimate of drug-likeness (QED) is 0.590. The maximum atomic E-state index is 11.4. The van der Waals surface area contributed by atoms with E-state index >= 15 is 0 Å². The normalized spacial score (nSPS) is 14.6. The van der Waals surface area contributed by atoms with Crippen LogP contribution < -0.4 is 16.2 Å². The molecule has 0 fully saturated rings. The zero-order valence-electron chi connectivity index (χ0n) is 9.99. The molecule has 5 N–H and O–H groups in total. The van der Waals surface area contributed by atoms with Crippen molar-refractivity contribution >= 4 is 15.9 Å². The van der Waals surface area contributed by atoms with E-state index in [2.05, 4.69) is 5.32 Å². The van der Waals surface area contributed by atoms with Gasteiger partial charge in [0.15, 0.2) is 0 Å². The molecule has 0 aromatic rings. The van der Waals surface area contributed by atoms with Crippen molar-refractivity contribution in [2.75, 3.05) is 12.3 Å². The molecule has 16 heavy (non-hydrogen) atoms. The van der Waals surface area contributed by atoms with Gasteiger partial charge in [0.25, 0.3) is 0 Å². The van der Waals surface area contributed by atoms with Gasteiger partial charge in [-0.2, -0.15) is 0 Å². The Morgan fingerprint density at radius 3 is 2.25 bits per heavy atom. The van der Waals surface area contributed by atoms with Gasteiger partial charge in [-0.1, -0.05) is 20.8 Å². The third-order valence-electron chi connectivity index (χ3n) is 2.23. The van der Waals surface area contributed by atoms with Crippen molar-refractivity contribution in [3.8, 4) is 0 Å². The van der Waals surface area contributed by atoms with Crippen LogP contribution in [0.1, 0.15) is 27.2 Å². The van der Waals surface area contributed by atoms with Crippen LogP contribution in [0, 0.1) is 5.41 Å². The van der Waals surface area contributed by atoms with Gasteiger partial charge in [-0.15, -0.1) is 0 Å². The number of carbonyl (C=O) groups excluding carboxylic acids is 1. The molecule has 0 aliphatic rings. The van der Waals surface area contributed by atoms with E-state index in [0.29, 0.717) is 0 Å². The van der Waals surface area contributed by atoms with E-state index < -0.39 is 10.0 Å². The van der Waals surface area contributed by atoms with Crippen molar-refractivity contribution in [3.05, 3.63) is 0 Å². The fourth-order valence-electron chi connectivity index (χ4n) is 0.911. The molecule has 7 heteroatoms. The molecule has 0 aliphatic heterocycles. The molecular formula is C9H21N3O3S. The third kappa shape index (κ3) is 7.61. The van der Waals surface area contributed by atoms with Gasteiger partial charge in [-0.05, 0) is 5.41 Å². The first-order chi connectivity index (χ1) is 7.02. The Morgan fingerprint density at radius 1 is 1.38 bits per heavy atom. The molecule has 0 rings (SSSR count). The van der Waals surface area contributed by atoms with E-state index in [1.807, 2.05) is 20.8 Å². The highest BCUT2D eigenvalue weighted by molar-refractivity contribution is 7.89. The summed E-state index contributed by atoms with van der Waals surface area (Å²) in [6.45, 7) is 5.84. The van der Waals surface area contributed by atoms with E-state index in [4.69, 9.17) is 10.9 Å². The third-order valence-corrected chi connectivity index (χ3v) is 3.00. The molecule has 0 aromatic carbocycles. The molecule has 0 spiro atoms. The van der Waals surface area contributed by atoms with Crippen LogP contribution in [0.4, 0.5) is 0 Å². The predicted octanol–water partition coefficient (Wildman–Crippen LogP) is -0.845. The molecule has 0 heterocycles. The first-order valence-corrected chi connectivity index (χ1v) is 6.76. The van der Waals surface area contributed by atoms with Gasteiger partial charge in [0.2, 0.25) is 15.9 Å². The second-order valence-corrected chi connectivity index (χ2v) is 6.63. The zero-order valence-corrected chi connectivity index (χ0v) is 10.8. The van der Waals surface area contributed by atoms with Gasteiger partial charge in [0.05, 0.1) is 5.75 Å². The number of primary sulfonamides is 1. The van der Waals surface area contributed by atoms with Crippen molar-refractivity contribution < 1.29 is 13.2 Å². The Morgan fingerprint density at radius 2 is 1.88 bits per heavy atom. The van der Waals surface area contributed by atoms with Crippen LogP contribution in [-0.2, 0) is 14.8 Å². The van der Waals surface area contributed by atoms with E-state index in [-0.39, 0.29) is 36.1 Å². The standard InChI is InChI=1S/C9H21N3O3S/c1-9(2,3)7(10)6-8(13)12-4-5-16(11,14)15/h7H,4-6,10H2,1-3H3,(H,12,13)(H2,11,14,15). The summed E-state index contributed by atoms with van der Waals surface area (Å²) in [5.41, 5.74) is 5.65. The lowest BCUT2D eigenvalue weighted by Crippen LogP contribution is -2.41. The zero-order chi connectivity index (χ0) is 13.0. The van der Waals surface area contributed by atoms with Crippen molar-refractivity contribution in [2.24, 2.45) is 16.3 Å². The lowest BCUT2D eigenvalue weighted by molar-refractivity contribution is -0.121. The molecule has 1 unspecified atom stereocenters. The Balaban J connectivity index is 3.93. The smallest absolute Gasteiger partial charge is 0.221 e. The molecule has 0 aliphatic carbocycles. The van der Waals surface area contributed by atoms with Crippen LogP contribution >= 0.6 is 0 Å². The average Bonchev–Trinajstić information content (AvgIpc) is 1.99. The predicted molar refractivity (Wildman–Crippen MR) is 63.0 cm³/mol. The average molecular weight is 251 g/mol. The van der Waals surface area contributed by atoms with E-state index in [1.54, 1.807) is 0 Å². The molecule has 1 amide bonds. The summed E-state index contributed by atoms with van der Waals surface area (Å²) >= 11 is 0. The topological polar surface area (TPSA) is 115 Å². The lowest BCUT2D eigenvalue weighted by Gasteiger charge is -2.26. The number of hydrogen-bond acceptors (Lipinski definition) is 4. The van der Waals surface area contributed by atoms with Crippen LogP contribution in [0.2, 0.25) is 0 Å². The van der Waals surface area contributed by atoms with Crippen molar-refractivity contribution in [3.63, 3.8) is 0 Å². The highest BCUT2D eigenvalue weighted by Gasteiger charge is 2.22. The summed E-state index contributed by atoms with van der Waals surface area (Å²) in [5, 5.41) is 7.25. The van der Waals surface area contributed by atoms with Gasteiger partial charge >= 0.3 is 0 Å². The van der Waals surface area contributed by atoms with E-state index in [1.165, 1.54) is 0 Å². The second-order valence-electron chi connectivity index (χ2n) is 4.89. The number of nitrogens with one attached hydrogen (secondary N) is 1. The summed E-state index contributed by atoms with van der Waals surface area (Å²) in [6, 6.07) is -0.262. The molecule has 96 valence electrons. The van der Waals surface area contributed by atoms with Crippen molar-refractivity contribution in [2.45, 2.75) is 33.2 Å². The molecule has 0 saturated carbocycles. The summed E-state index contributed by atoms with van der Waals surface area (Å²) in [7, 11) is -3.52. The molecule has 0 bridgehead atoms. The first kappa shape index (κ1) is 15.3. The Bertz CT molecular complexity index is 332. The minimum absolute atomic E-state index is 0.0224. The second kappa shape index (κ2) is 5.60. The van der Waals surface area contributed by atoms with Crippen LogP contribution in [0.5, 0.6) is 0 Å². The maximum Gasteiger partial charge on any atom is 0.221 e. The van der Waals surface area contributed by atoms with E-state index in [0.717, 1.165) is 0 Å². The SMILES string of the molecule is CC(C)(C)C(N)CC(=O)NCCS(N)(=O)=O. The number of nitrogens with two attached hydrogens (primary N) is 2. The molecule has 0 saturated heterocycles.